The van der Waals surface area contributed by atoms with Crippen LogP contribution in [0.4, 0.5) is 0 Å². The second kappa shape index (κ2) is 8.84. The first kappa shape index (κ1) is 17.0. The second-order valence-electron chi connectivity index (χ2n) is 6.21. The van der Waals surface area contributed by atoms with Gasteiger partial charge >= 0.3 is 0 Å². The van der Waals surface area contributed by atoms with E-state index >= 15 is 0 Å². The van der Waals surface area contributed by atoms with E-state index in [2.05, 4.69) is 45.9 Å². The van der Waals surface area contributed by atoms with Crippen LogP contribution in [0.2, 0.25) is 5.02 Å². The van der Waals surface area contributed by atoms with Gasteiger partial charge in [-0.2, -0.15) is 23.5 Å². The van der Waals surface area contributed by atoms with Gasteiger partial charge in [0.2, 0.25) is 0 Å². The quantitative estimate of drug-likeness (QED) is 0.883. The monoisotopic (exact) mass is 356 g/mol. The first-order chi connectivity index (χ1) is 10.8. The summed E-state index contributed by atoms with van der Waals surface area (Å²) in [4.78, 5) is 2.58. The molecule has 5 heteroatoms. The third-order valence-electron chi connectivity index (χ3n) is 4.31. The second-order valence-corrected chi connectivity index (χ2v) is 8.95. The number of rotatable bonds is 4. The highest BCUT2D eigenvalue weighted by Gasteiger charge is 2.23. The maximum absolute atomic E-state index is 5.97. The summed E-state index contributed by atoms with van der Waals surface area (Å²) in [5.74, 6) is 5.19. The first-order valence-corrected chi connectivity index (χ1v) is 10.9. The van der Waals surface area contributed by atoms with Gasteiger partial charge in [-0.3, -0.25) is 4.90 Å². The molecule has 0 spiro atoms. The molecule has 0 radical (unpaired) electrons. The number of halogens is 1. The van der Waals surface area contributed by atoms with Crippen LogP contribution in [0.25, 0.3) is 0 Å². The lowest BCUT2D eigenvalue weighted by Crippen LogP contribution is -2.50. The molecule has 1 aromatic rings. The molecule has 2 aliphatic rings. The van der Waals surface area contributed by atoms with Crippen molar-refractivity contribution in [1.29, 1.82) is 0 Å². The molecule has 2 aliphatic heterocycles. The van der Waals surface area contributed by atoms with E-state index in [1.54, 1.807) is 0 Å². The highest BCUT2D eigenvalue weighted by Crippen LogP contribution is 2.20. The van der Waals surface area contributed by atoms with Crippen LogP contribution < -0.4 is 5.32 Å². The molecule has 1 N–H and O–H groups in total. The molecule has 0 amide bonds. The van der Waals surface area contributed by atoms with Crippen molar-refractivity contribution < 1.29 is 0 Å². The molecule has 1 unspecified atom stereocenters. The predicted octanol–water partition coefficient (Wildman–Crippen LogP) is 3.74. The van der Waals surface area contributed by atoms with E-state index in [4.69, 9.17) is 11.6 Å². The van der Waals surface area contributed by atoms with Gasteiger partial charge in [0, 0.05) is 53.2 Å². The van der Waals surface area contributed by atoms with E-state index in [0.29, 0.717) is 12.1 Å². The summed E-state index contributed by atoms with van der Waals surface area (Å²) in [5.41, 5.74) is 1.37. The Morgan fingerprint density at radius 3 is 2.55 bits per heavy atom. The molecule has 122 valence electrons. The van der Waals surface area contributed by atoms with E-state index in [1.807, 2.05) is 12.1 Å². The molecule has 0 saturated carbocycles. The average Bonchev–Trinajstić information content (AvgIpc) is 2.79. The maximum atomic E-state index is 5.97. The van der Waals surface area contributed by atoms with Crippen LogP contribution >= 0.6 is 35.1 Å². The van der Waals surface area contributed by atoms with Crippen LogP contribution in [0, 0.1) is 0 Å². The van der Waals surface area contributed by atoms with E-state index in [0.717, 1.165) is 11.6 Å². The Morgan fingerprint density at radius 1 is 1.09 bits per heavy atom. The molecule has 2 heterocycles. The lowest BCUT2D eigenvalue weighted by Gasteiger charge is -2.35. The lowest BCUT2D eigenvalue weighted by atomic mass is 10.0. The molecule has 22 heavy (non-hydrogen) atoms. The van der Waals surface area contributed by atoms with Gasteiger partial charge in [-0.1, -0.05) is 23.7 Å². The highest BCUT2D eigenvalue weighted by molar-refractivity contribution is 8.03. The molecule has 2 nitrogen and oxygen atoms in total. The predicted molar refractivity (Wildman–Crippen MR) is 101 cm³/mol. The Labute approximate surface area is 147 Å². The van der Waals surface area contributed by atoms with Crippen molar-refractivity contribution in [3.63, 3.8) is 0 Å². The average molecular weight is 357 g/mol. The Balaban J connectivity index is 1.49. The van der Waals surface area contributed by atoms with Crippen molar-refractivity contribution in [2.45, 2.75) is 31.5 Å². The Hall–Kier alpha value is 0.130. The number of hydrogen-bond acceptors (Lipinski definition) is 4. The van der Waals surface area contributed by atoms with Crippen LogP contribution in [-0.2, 0) is 6.54 Å². The van der Waals surface area contributed by atoms with Crippen molar-refractivity contribution in [1.82, 2.24) is 10.2 Å². The fourth-order valence-corrected chi connectivity index (χ4v) is 5.78. The summed E-state index contributed by atoms with van der Waals surface area (Å²) >= 11 is 10.2. The fraction of sp³-hybridized carbons (Fsp3) is 0.647. The van der Waals surface area contributed by atoms with Gasteiger partial charge in [0.05, 0.1) is 0 Å². The van der Waals surface area contributed by atoms with Gasteiger partial charge in [0.1, 0.15) is 0 Å². The number of hydrogen-bond donors (Lipinski definition) is 1. The topological polar surface area (TPSA) is 15.3 Å². The summed E-state index contributed by atoms with van der Waals surface area (Å²) in [6.45, 7) is 3.44. The van der Waals surface area contributed by atoms with Crippen LogP contribution in [0.3, 0.4) is 0 Å². The number of nitrogens with one attached hydrogen (secondary N) is 1. The molecule has 2 saturated heterocycles. The molecule has 0 aromatic heterocycles. The first-order valence-electron chi connectivity index (χ1n) is 8.18. The summed E-state index contributed by atoms with van der Waals surface area (Å²) in [6.07, 6.45) is 2.63. The van der Waals surface area contributed by atoms with Gasteiger partial charge in [-0.25, -0.2) is 0 Å². The molecule has 0 bridgehead atoms. The summed E-state index contributed by atoms with van der Waals surface area (Å²) in [7, 11) is 0. The number of nitrogens with zero attached hydrogens (tertiary/aromatic N) is 1. The number of likely N-dealkylation sites (tertiary alicyclic amines) is 1. The zero-order chi connectivity index (χ0) is 15.2. The smallest absolute Gasteiger partial charge is 0.0406 e. The number of benzene rings is 1. The molecular weight excluding hydrogens is 332 g/mol. The van der Waals surface area contributed by atoms with Gasteiger partial charge in [-0.05, 0) is 37.1 Å². The van der Waals surface area contributed by atoms with Crippen molar-refractivity contribution in [2.75, 3.05) is 36.1 Å². The Kier molecular flexibility index (Phi) is 6.82. The SMILES string of the molecule is Clc1ccc(CN2CCCC(NC3CSCCSC3)C2)cc1. The minimum Gasteiger partial charge on any atom is -0.308 e. The van der Waals surface area contributed by atoms with Gasteiger partial charge in [0.15, 0.2) is 0 Å². The van der Waals surface area contributed by atoms with Crippen LogP contribution in [-0.4, -0.2) is 53.1 Å². The lowest BCUT2D eigenvalue weighted by molar-refractivity contribution is 0.179. The largest absolute Gasteiger partial charge is 0.308 e. The summed E-state index contributed by atoms with van der Waals surface area (Å²) in [6, 6.07) is 9.64. The van der Waals surface area contributed by atoms with E-state index in [1.165, 1.54) is 54.5 Å². The third kappa shape index (κ3) is 5.34. The minimum atomic E-state index is 0.658. The molecule has 1 aromatic carbocycles. The van der Waals surface area contributed by atoms with E-state index in [9.17, 15) is 0 Å². The summed E-state index contributed by atoms with van der Waals surface area (Å²) in [5, 5.41) is 4.74. The van der Waals surface area contributed by atoms with Crippen LogP contribution in [0.5, 0.6) is 0 Å². The maximum Gasteiger partial charge on any atom is 0.0406 e. The highest BCUT2D eigenvalue weighted by atomic mass is 35.5. The van der Waals surface area contributed by atoms with Crippen molar-refractivity contribution in [3.8, 4) is 0 Å². The Bertz CT molecular complexity index is 446. The van der Waals surface area contributed by atoms with E-state index < -0.39 is 0 Å². The molecule has 3 rings (SSSR count). The molecular formula is C17H25ClN2S2. The molecule has 2 fully saturated rings. The number of piperidine rings is 1. The van der Waals surface area contributed by atoms with Crippen LogP contribution in [0.15, 0.2) is 24.3 Å². The minimum absolute atomic E-state index is 0.658. The van der Waals surface area contributed by atoms with Crippen molar-refractivity contribution >= 4 is 35.1 Å². The third-order valence-corrected chi connectivity index (χ3v) is 7.08. The van der Waals surface area contributed by atoms with Crippen molar-refractivity contribution in [2.24, 2.45) is 0 Å². The van der Waals surface area contributed by atoms with Crippen molar-refractivity contribution in [3.05, 3.63) is 34.9 Å². The fourth-order valence-electron chi connectivity index (χ4n) is 3.23. The normalized spacial score (nSPS) is 25.0. The summed E-state index contributed by atoms with van der Waals surface area (Å²) < 4.78 is 0. The molecule has 1 atom stereocenters. The zero-order valence-corrected chi connectivity index (χ0v) is 15.4. The number of thioether (sulfide) groups is 2. The Morgan fingerprint density at radius 2 is 1.82 bits per heavy atom. The van der Waals surface area contributed by atoms with Gasteiger partial charge in [0.25, 0.3) is 0 Å². The van der Waals surface area contributed by atoms with Gasteiger partial charge < -0.3 is 5.32 Å². The van der Waals surface area contributed by atoms with Gasteiger partial charge in [-0.15, -0.1) is 0 Å². The molecule has 0 aliphatic carbocycles. The van der Waals surface area contributed by atoms with E-state index in [-0.39, 0.29) is 0 Å². The zero-order valence-electron chi connectivity index (χ0n) is 13.0. The standard InChI is InChI=1S/C17H25ClN2S2/c18-15-5-3-14(4-6-15)10-20-7-1-2-16(11-20)19-17-12-21-8-9-22-13-17/h3-6,16-17,19H,1-2,7-13H2. The van der Waals surface area contributed by atoms with Crippen LogP contribution in [0.1, 0.15) is 18.4 Å².